The van der Waals surface area contributed by atoms with Gasteiger partial charge in [0.05, 0.1) is 7.11 Å². The van der Waals surface area contributed by atoms with Gasteiger partial charge in [0.25, 0.3) is 5.91 Å². The number of nitrogens with one attached hydrogen (secondary N) is 1. The number of amides is 1. The van der Waals surface area contributed by atoms with Crippen LogP contribution < -0.4 is 20.4 Å². The van der Waals surface area contributed by atoms with Crippen LogP contribution in [0.4, 0.5) is 5.69 Å². The summed E-state index contributed by atoms with van der Waals surface area (Å²) in [5, 5.41) is 3.67. The van der Waals surface area contributed by atoms with Gasteiger partial charge >= 0.3 is 5.63 Å². The van der Waals surface area contributed by atoms with Crippen LogP contribution in [0.1, 0.15) is 25.8 Å². The lowest BCUT2D eigenvalue weighted by Crippen LogP contribution is -2.30. The van der Waals surface area contributed by atoms with Crippen LogP contribution in [0.5, 0.6) is 11.5 Å². The van der Waals surface area contributed by atoms with Crippen molar-refractivity contribution in [3.63, 3.8) is 0 Å². The van der Waals surface area contributed by atoms with Gasteiger partial charge in [0.15, 0.2) is 6.10 Å². The zero-order valence-corrected chi connectivity index (χ0v) is 16.2. The minimum absolute atomic E-state index is 0.297. The Bertz CT molecular complexity index is 1040. The van der Waals surface area contributed by atoms with Crippen LogP contribution in [0.15, 0.2) is 57.7 Å². The molecule has 0 aliphatic rings. The van der Waals surface area contributed by atoms with Crippen molar-refractivity contribution in [2.24, 2.45) is 0 Å². The lowest BCUT2D eigenvalue weighted by atomic mass is 10.1. The molecule has 6 heteroatoms. The first-order valence-electron chi connectivity index (χ1n) is 9.18. The molecule has 28 heavy (non-hydrogen) atoms. The molecule has 0 fully saturated rings. The molecule has 6 nitrogen and oxygen atoms in total. The van der Waals surface area contributed by atoms with Gasteiger partial charge in [-0.2, -0.15) is 0 Å². The predicted octanol–water partition coefficient (Wildman–Crippen LogP) is 4.16. The Balaban J connectivity index is 1.75. The van der Waals surface area contributed by atoms with E-state index in [1.165, 1.54) is 6.07 Å². The molecule has 0 aliphatic heterocycles. The number of fused-ring (bicyclic) bond motifs is 1. The molecule has 146 valence electrons. The number of ether oxygens (including phenoxy) is 2. The van der Waals surface area contributed by atoms with E-state index in [-0.39, 0.29) is 5.91 Å². The monoisotopic (exact) mass is 381 g/mol. The zero-order valence-electron chi connectivity index (χ0n) is 16.2. The highest BCUT2D eigenvalue weighted by Gasteiger charge is 2.16. The maximum absolute atomic E-state index is 12.4. The van der Waals surface area contributed by atoms with E-state index < -0.39 is 11.7 Å². The third kappa shape index (κ3) is 4.52. The van der Waals surface area contributed by atoms with Crippen molar-refractivity contribution in [1.29, 1.82) is 0 Å². The van der Waals surface area contributed by atoms with Crippen molar-refractivity contribution in [1.82, 2.24) is 0 Å². The molecular formula is C22H23NO5. The Labute approximate surface area is 163 Å². The van der Waals surface area contributed by atoms with Gasteiger partial charge in [0.2, 0.25) is 0 Å². The van der Waals surface area contributed by atoms with Crippen LogP contribution in [-0.2, 0) is 11.2 Å². The summed E-state index contributed by atoms with van der Waals surface area (Å²) in [4.78, 5) is 24.2. The number of hydrogen-bond acceptors (Lipinski definition) is 5. The van der Waals surface area contributed by atoms with E-state index >= 15 is 0 Å². The summed E-state index contributed by atoms with van der Waals surface area (Å²) < 4.78 is 16.2. The minimum atomic E-state index is -0.741. The number of aryl methyl sites for hydroxylation is 1. The Morgan fingerprint density at radius 2 is 1.96 bits per heavy atom. The third-order valence-corrected chi connectivity index (χ3v) is 4.34. The number of rotatable bonds is 7. The molecule has 1 N–H and O–H groups in total. The lowest BCUT2D eigenvalue weighted by molar-refractivity contribution is -0.122. The first-order chi connectivity index (χ1) is 13.5. The van der Waals surface area contributed by atoms with Gasteiger partial charge in [0, 0.05) is 29.3 Å². The molecule has 0 aliphatic carbocycles. The Hall–Kier alpha value is -3.28. The van der Waals surface area contributed by atoms with E-state index in [2.05, 4.69) is 12.2 Å². The molecule has 0 unspecified atom stereocenters. The van der Waals surface area contributed by atoms with Crippen molar-refractivity contribution in [2.75, 3.05) is 12.4 Å². The van der Waals surface area contributed by atoms with E-state index in [0.29, 0.717) is 22.8 Å². The van der Waals surface area contributed by atoms with Crippen LogP contribution in [0.25, 0.3) is 11.0 Å². The highest BCUT2D eigenvalue weighted by atomic mass is 16.5. The maximum Gasteiger partial charge on any atom is 0.336 e. The molecular weight excluding hydrogens is 358 g/mol. The Morgan fingerprint density at radius 3 is 2.71 bits per heavy atom. The van der Waals surface area contributed by atoms with E-state index in [1.54, 1.807) is 50.4 Å². The second-order valence-corrected chi connectivity index (χ2v) is 6.48. The van der Waals surface area contributed by atoms with E-state index in [1.807, 2.05) is 6.07 Å². The number of carbonyl (C=O) groups excluding carboxylic acids is 1. The van der Waals surface area contributed by atoms with Gasteiger partial charge in [-0.3, -0.25) is 4.79 Å². The topological polar surface area (TPSA) is 77.8 Å². The molecule has 0 saturated heterocycles. The fraction of sp³-hybridized carbons (Fsp3) is 0.273. The van der Waals surface area contributed by atoms with E-state index in [0.717, 1.165) is 23.8 Å². The summed E-state index contributed by atoms with van der Waals surface area (Å²) in [7, 11) is 1.57. The molecule has 2 aromatic carbocycles. The number of methoxy groups -OCH3 is 1. The molecule has 1 atom stereocenters. The van der Waals surface area contributed by atoms with Crippen molar-refractivity contribution < 1.29 is 18.7 Å². The highest BCUT2D eigenvalue weighted by Crippen LogP contribution is 2.24. The summed E-state index contributed by atoms with van der Waals surface area (Å²) in [6.07, 6.45) is 0.981. The van der Waals surface area contributed by atoms with Gasteiger partial charge in [-0.25, -0.2) is 4.79 Å². The van der Waals surface area contributed by atoms with Gasteiger partial charge in [0.1, 0.15) is 17.1 Å². The first kappa shape index (κ1) is 19.5. The van der Waals surface area contributed by atoms with Crippen LogP contribution in [0.2, 0.25) is 0 Å². The summed E-state index contributed by atoms with van der Waals surface area (Å²) in [5.41, 5.74) is 1.63. The number of benzene rings is 2. The van der Waals surface area contributed by atoms with Gasteiger partial charge in [-0.15, -0.1) is 0 Å². The summed E-state index contributed by atoms with van der Waals surface area (Å²) in [5.74, 6) is 0.811. The largest absolute Gasteiger partial charge is 0.497 e. The molecule has 3 rings (SSSR count). The van der Waals surface area contributed by atoms with Gasteiger partial charge < -0.3 is 19.2 Å². The lowest BCUT2D eigenvalue weighted by Gasteiger charge is -2.15. The van der Waals surface area contributed by atoms with Crippen molar-refractivity contribution in [3.05, 3.63) is 64.5 Å². The second-order valence-electron chi connectivity index (χ2n) is 6.48. The average molecular weight is 381 g/mol. The average Bonchev–Trinajstić information content (AvgIpc) is 2.68. The van der Waals surface area contributed by atoms with Crippen LogP contribution in [-0.4, -0.2) is 19.1 Å². The Kier molecular flexibility index (Phi) is 5.99. The molecule has 1 amide bonds. The summed E-state index contributed by atoms with van der Waals surface area (Å²) >= 11 is 0. The third-order valence-electron chi connectivity index (χ3n) is 4.34. The maximum atomic E-state index is 12.4. The zero-order chi connectivity index (χ0) is 20.1. The number of anilines is 1. The van der Waals surface area contributed by atoms with Crippen LogP contribution >= 0.6 is 0 Å². The summed E-state index contributed by atoms with van der Waals surface area (Å²) in [6, 6.07) is 13.9. The second kappa shape index (κ2) is 8.61. The molecule has 3 aromatic rings. The van der Waals surface area contributed by atoms with Crippen molar-refractivity contribution in [3.8, 4) is 11.5 Å². The normalized spacial score (nSPS) is 11.8. The molecule has 0 spiro atoms. The highest BCUT2D eigenvalue weighted by molar-refractivity contribution is 5.94. The van der Waals surface area contributed by atoms with Crippen LogP contribution in [0, 0.1) is 0 Å². The smallest absolute Gasteiger partial charge is 0.336 e. The fourth-order valence-electron chi connectivity index (χ4n) is 2.96. The molecule has 0 bridgehead atoms. The van der Waals surface area contributed by atoms with Crippen molar-refractivity contribution in [2.45, 2.75) is 32.8 Å². The number of carbonyl (C=O) groups is 1. The Morgan fingerprint density at radius 1 is 1.14 bits per heavy atom. The predicted molar refractivity (Wildman–Crippen MR) is 108 cm³/mol. The van der Waals surface area contributed by atoms with E-state index in [4.69, 9.17) is 13.9 Å². The minimum Gasteiger partial charge on any atom is -0.497 e. The fourth-order valence-corrected chi connectivity index (χ4v) is 2.96. The SMILES string of the molecule is CCCc1cc(=O)oc2cc(O[C@H](C)C(=O)Nc3cccc(OC)c3)ccc12. The molecule has 1 heterocycles. The van der Waals surface area contributed by atoms with Gasteiger partial charge in [-0.05, 0) is 43.2 Å². The molecule has 1 aromatic heterocycles. The van der Waals surface area contributed by atoms with Crippen LogP contribution in [0.3, 0.4) is 0 Å². The molecule has 0 saturated carbocycles. The molecule has 0 radical (unpaired) electrons. The summed E-state index contributed by atoms with van der Waals surface area (Å²) in [6.45, 7) is 3.71. The standard InChI is InChI=1S/C22H23NO5/c1-4-6-15-11-21(24)28-20-13-18(9-10-19(15)20)27-14(2)22(25)23-16-7-5-8-17(12-16)26-3/h5,7-14H,4,6H2,1-3H3,(H,23,25)/t14-/m1/s1. The van der Waals surface area contributed by atoms with Crippen molar-refractivity contribution >= 4 is 22.6 Å². The first-order valence-corrected chi connectivity index (χ1v) is 9.18. The number of hydrogen-bond donors (Lipinski definition) is 1. The van der Waals surface area contributed by atoms with E-state index in [9.17, 15) is 9.59 Å². The quantitative estimate of drug-likeness (QED) is 0.622. The van der Waals surface area contributed by atoms with Gasteiger partial charge in [-0.1, -0.05) is 19.4 Å².